The number of esters is 1. The lowest BCUT2D eigenvalue weighted by Crippen LogP contribution is -2.12. The van der Waals surface area contributed by atoms with E-state index in [2.05, 4.69) is 11.1 Å². The first kappa shape index (κ1) is 18.3. The number of carbonyl (C=O) groups excluding carboxylic acids is 1. The van der Waals surface area contributed by atoms with Crippen LogP contribution in [0.1, 0.15) is 46.8 Å². The van der Waals surface area contributed by atoms with E-state index in [1.165, 1.54) is 11.8 Å². The van der Waals surface area contributed by atoms with Crippen LogP contribution in [0.3, 0.4) is 0 Å². The Labute approximate surface area is 157 Å². The number of hydrogen-bond acceptors (Lipinski definition) is 6. The van der Waals surface area contributed by atoms with Crippen molar-refractivity contribution in [3.05, 3.63) is 53.2 Å². The smallest absolute Gasteiger partial charge is 0.339 e. The number of thioether (sulfide) groups is 1. The zero-order chi connectivity index (χ0) is 18.4. The summed E-state index contributed by atoms with van der Waals surface area (Å²) < 4.78 is 10.9. The fourth-order valence-corrected chi connectivity index (χ4v) is 3.11. The molecule has 134 valence electrons. The number of nitrogens with zero attached hydrogens (tertiary/aromatic N) is 2. The molecule has 0 bridgehead atoms. The van der Waals surface area contributed by atoms with Gasteiger partial charge in [0.15, 0.2) is 0 Å². The topological polar surface area (TPSA) is 72.2 Å². The Morgan fingerprint density at radius 3 is 2.73 bits per heavy atom. The molecule has 1 aromatic heterocycles. The van der Waals surface area contributed by atoms with E-state index < -0.39 is 5.97 Å². The van der Waals surface area contributed by atoms with Crippen LogP contribution >= 0.6 is 11.8 Å². The molecule has 1 saturated carbocycles. The molecular weight excluding hydrogens is 348 g/mol. The molecule has 0 saturated heterocycles. The predicted molar refractivity (Wildman–Crippen MR) is 99.5 cm³/mol. The van der Waals surface area contributed by atoms with Crippen LogP contribution in [0.4, 0.5) is 0 Å². The highest BCUT2D eigenvalue weighted by Gasteiger charge is 2.28. The average Bonchev–Trinajstić information content (AvgIpc) is 3.52. The first-order valence-electron chi connectivity index (χ1n) is 8.57. The highest BCUT2D eigenvalue weighted by atomic mass is 32.2. The van der Waals surface area contributed by atoms with E-state index in [-0.39, 0.29) is 6.61 Å². The first-order chi connectivity index (χ1) is 12.7. The van der Waals surface area contributed by atoms with E-state index in [9.17, 15) is 10.1 Å². The van der Waals surface area contributed by atoms with Crippen LogP contribution in [0.25, 0.3) is 0 Å². The van der Waals surface area contributed by atoms with Gasteiger partial charge >= 0.3 is 5.97 Å². The average molecular weight is 368 g/mol. The van der Waals surface area contributed by atoms with Crippen molar-refractivity contribution in [1.82, 2.24) is 4.98 Å². The van der Waals surface area contributed by atoms with E-state index in [1.54, 1.807) is 6.07 Å². The predicted octanol–water partition coefficient (Wildman–Crippen LogP) is 4.18. The number of para-hydroxylation sites is 1. The Hall–Kier alpha value is -2.52. The van der Waals surface area contributed by atoms with E-state index in [0.717, 1.165) is 24.3 Å². The van der Waals surface area contributed by atoms with Crippen molar-refractivity contribution in [2.24, 2.45) is 0 Å². The summed E-state index contributed by atoms with van der Waals surface area (Å²) in [6.07, 6.45) is 4.60. The van der Waals surface area contributed by atoms with Gasteiger partial charge in [-0.25, -0.2) is 9.78 Å². The van der Waals surface area contributed by atoms with Crippen molar-refractivity contribution < 1.29 is 14.3 Å². The quantitative estimate of drug-likeness (QED) is 0.395. The van der Waals surface area contributed by atoms with Gasteiger partial charge in [-0.3, -0.25) is 0 Å². The van der Waals surface area contributed by atoms with Crippen molar-refractivity contribution in [3.63, 3.8) is 0 Å². The van der Waals surface area contributed by atoms with Crippen LogP contribution in [-0.4, -0.2) is 30.4 Å². The van der Waals surface area contributed by atoms with Gasteiger partial charge in [-0.2, -0.15) is 5.26 Å². The molecule has 1 heterocycles. The number of hydrogen-bond donors (Lipinski definition) is 0. The summed E-state index contributed by atoms with van der Waals surface area (Å²) in [6, 6.07) is 13.3. The van der Waals surface area contributed by atoms with Crippen molar-refractivity contribution in [2.75, 3.05) is 19.5 Å². The molecule has 0 amide bonds. The van der Waals surface area contributed by atoms with Crippen LogP contribution in [0.2, 0.25) is 0 Å². The summed E-state index contributed by atoms with van der Waals surface area (Å²) >= 11 is 1.38. The maximum atomic E-state index is 12.5. The second kappa shape index (κ2) is 8.72. The fraction of sp³-hybridized carbons (Fsp3) is 0.350. The maximum Gasteiger partial charge on any atom is 0.339 e. The molecule has 3 rings (SSSR count). The minimum absolute atomic E-state index is 0.242. The number of nitriles is 1. The Bertz CT molecular complexity index is 814. The zero-order valence-corrected chi connectivity index (χ0v) is 15.4. The summed E-state index contributed by atoms with van der Waals surface area (Å²) in [5, 5.41) is 10.0. The number of carbonyl (C=O) groups is 1. The number of benzene rings is 1. The summed E-state index contributed by atoms with van der Waals surface area (Å²) in [5.74, 6) is 0.721. The molecule has 1 aliphatic carbocycles. The third-order valence-electron chi connectivity index (χ3n) is 4.06. The van der Waals surface area contributed by atoms with Gasteiger partial charge in [0.05, 0.1) is 24.3 Å². The largest absolute Gasteiger partial charge is 0.493 e. The van der Waals surface area contributed by atoms with Crippen LogP contribution in [0.15, 0.2) is 41.4 Å². The molecule has 0 N–H and O–H groups in total. The molecule has 0 spiro atoms. The molecular formula is C20H20N2O3S. The van der Waals surface area contributed by atoms with Crippen LogP contribution in [0, 0.1) is 11.3 Å². The third kappa shape index (κ3) is 4.55. The molecule has 1 aliphatic rings. The Balaban J connectivity index is 1.58. The van der Waals surface area contributed by atoms with Gasteiger partial charge in [-0.1, -0.05) is 18.2 Å². The van der Waals surface area contributed by atoms with Crippen LogP contribution in [0.5, 0.6) is 5.75 Å². The third-order valence-corrected chi connectivity index (χ3v) is 4.74. The van der Waals surface area contributed by atoms with Gasteiger partial charge in [0.25, 0.3) is 0 Å². The van der Waals surface area contributed by atoms with E-state index >= 15 is 0 Å². The summed E-state index contributed by atoms with van der Waals surface area (Å²) in [6.45, 7) is 0.703. The highest BCUT2D eigenvalue weighted by Crippen LogP contribution is 2.40. The zero-order valence-electron chi connectivity index (χ0n) is 14.6. The van der Waals surface area contributed by atoms with Gasteiger partial charge in [-0.05, 0) is 37.3 Å². The maximum absolute atomic E-state index is 12.5. The molecule has 0 atom stereocenters. The normalized spacial score (nSPS) is 13.1. The van der Waals surface area contributed by atoms with Gasteiger partial charge < -0.3 is 9.47 Å². The minimum atomic E-state index is -0.471. The van der Waals surface area contributed by atoms with Crippen LogP contribution < -0.4 is 4.74 Å². The molecule has 0 unspecified atom stereocenters. The SMILES string of the molecule is CSc1nc(C2CC2)cc(C(=O)OCCCOc2ccccc2)c1C#N. The Morgan fingerprint density at radius 2 is 2.08 bits per heavy atom. The molecule has 6 heteroatoms. The van der Waals surface area contributed by atoms with E-state index in [4.69, 9.17) is 9.47 Å². The Kier molecular flexibility index (Phi) is 6.13. The molecule has 26 heavy (non-hydrogen) atoms. The number of rotatable bonds is 8. The first-order valence-corrected chi connectivity index (χ1v) is 9.79. The van der Waals surface area contributed by atoms with Crippen molar-refractivity contribution >= 4 is 17.7 Å². The summed E-state index contributed by atoms with van der Waals surface area (Å²) in [4.78, 5) is 17.0. The molecule has 1 fully saturated rings. The second-order valence-corrected chi connectivity index (χ2v) is 6.81. The van der Waals surface area contributed by atoms with Gasteiger partial charge in [0.1, 0.15) is 16.8 Å². The fourth-order valence-electron chi connectivity index (χ4n) is 2.55. The number of pyridine rings is 1. The lowest BCUT2D eigenvalue weighted by atomic mass is 10.1. The molecule has 5 nitrogen and oxygen atoms in total. The van der Waals surface area contributed by atoms with E-state index in [0.29, 0.717) is 35.1 Å². The number of aromatic nitrogens is 1. The van der Waals surface area contributed by atoms with Crippen molar-refractivity contribution in [1.29, 1.82) is 5.26 Å². The summed E-state index contributed by atoms with van der Waals surface area (Å²) in [7, 11) is 0. The molecule has 2 aromatic rings. The highest BCUT2D eigenvalue weighted by molar-refractivity contribution is 7.98. The molecule has 1 aromatic carbocycles. The number of ether oxygens (including phenoxy) is 2. The van der Waals surface area contributed by atoms with Gasteiger partial charge in [0.2, 0.25) is 0 Å². The lowest BCUT2D eigenvalue weighted by Gasteiger charge is -2.11. The lowest BCUT2D eigenvalue weighted by molar-refractivity contribution is 0.0485. The standard InChI is InChI=1S/C20H20N2O3S/c1-26-19-17(13-21)16(12-18(22-19)14-8-9-14)20(23)25-11-5-10-24-15-6-3-2-4-7-15/h2-4,6-7,12,14H,5,8-11H2,1H3. The van der Waals surface area contributed by atoms with Crippen molar-refractivity contribution in [2.45, 2.75) is 30.2 Å². The minimum Gasteiger partial charge on any atom is -0.493 e. The Morgan fingerprint density at radius 1 is 1.31 bits per heavy atom. The second-order valence-electron chi connectivity index (χ2n) is 6.02. The van der Waals surface area contributed by atoms with E-state index in [1.807, 2.05) is 36.6 Å². The monoisotopic (exact) mass is 368 g/mol. The summed E-state index contributed by atoms with van der Waals surface area (Å²) in [5.41, 5.74) is 1.50. The van der Waals surface area contributed by atoms with Gasteiger partial charge in [-0.15, -0.1) is 11.8 Å². The molecule has 0 aliphatic heterocycles. The van der Waals surface area contributed by atoms with Crippen LogP contribution in [-0.2, 0) is 4.74 Å². The molecule has 0 radical (unpaired) electrons. The van der Waals surface area contributed by atoms with Crippen molar-refractivity contribution in [3.8, 4) is 11.8 Å². The van der Waals surface area contributed by atoms with Gasteiger partial charge in [0, 0.05) is 18.0 Å².